The highest BCUT2D eigenvalue weighted by Gasteiger charge is 2.24. The number of nitrogens with one attached hydrogen (secondary N) is 6. The molecular weight excluding hydrogens is 1330 g/mol. The van der Waals surface area contributed by atoms with E-state index in [1.54, 1.807) is 0 Å². The summed E-state index contributed by atoms with van der Waals surface area (Å²) in [5.41, 5.74) is 21.4. The summed E-state index contributed by atoms with van der Waals surface area (Å²) >= 11 is 28.9. The molecule has 9 aromatic rings. The fraction of sp³-hybridized carbons (Fsp3) is 0.342. The van der Waals surface area contributed by atoms with Gasteiger partial charge < -0.3 is 51.3 Å². The van der Waals surface area contributed by atoms with Crippen LogP contribution < -0.4 is 36.8 Å². The van der Waals surface area contributed by atoms with E-state index in [1.165, 1.54) is 16.7 Å². The second kappa shape index (κ2) is 32.5. The molecule has 0 amide bonds. The lowest BCUT2D eigenvalue weighted by molar-refractivity contribution is 0.0384. The zero-order chi connectivity index (χ0) is 69.1. The van der Waals surface area contributed by atoms with E-state index >= 15 is 0 Å². The monoisotopic (exact) mass is 1410 g/mol. The summed E-state index contributed by atoms with van der Waals surface area (Å²) in [5, 5.41) is 21.3. The van der Waals surface area contributed by atoms with Gasteiger partial charge in [0.15, 0.2) is 0 Å². The number of pyridine rings is 3. The summed E-state index contributed by atoms with van der Waals surface area (Å²) in [5.74, 6) is 2.55. The number of anilines is 10. The van der Waals surface area contributed by atoms with Crippen LogP contribution in [0, 0.1) is 34.6 Å². The topological polar surface area (TPSA) is 210 Å². The van der Waals surface area contributed by atoms with Crippen molar-refractivity contribution in [2.24, 2.45) is 0 Å². The number of halogens is 2. The van der Waals surface area contributed by atoms with Gasteiger partial charge in [0.1, 0.15) is 5.82 Å². The van der Waals surface area contributed by atoms with E-state index in [0.717, 1.165) is 201 Å². The van der Waals surface area contributed by atoms with Crippen LogP contribution in [0.2, 0.25) is 10.0 Å². The summed E-state index contributed by atoms with van der Waals surface area (Å²) in [6.45, 7) is 17.8. The van der Waals surface area contributed by atoms with Crippen molar-refractivity contribution in [2.75, 3.05) is 125 Å². The Labute approximate surface area is 600 Å². The maximum absolute atomic E-state index is 6.20. The zero-order valence-corrected chi connectivity index (χ0v) is 61.1. The lowest BCUT2D eigenvalue weighted by atomic mass is 10.0. The average Bonchev–Trinajstić information content (AvgIpc) is 1.65. The second-order valence-electron chi connectivity index (χ2n) is 25.5. The number of rotatable bonds is 18. The lowest BCUT2D eigenvalue weighted by Gasteiger charge is -2.26. The summed E-state index contributed by atoms with van der Waals surface area (Å²) in [7, 11) is 10.4. The Hall–Kier alpha value is -8.36. The van der Waals surface area contributed by atoms with Crippen LogP contribution in [0.5, 0.6) is 0 Å². The first kappa shape index (κ1) is 70.9. The Kier molecular flexibility index (Phi) is 23.6. The van der Waals surface area contributed by atoms with Crippen LogP contribution in [0.25, 0.3) is 33.8 Å². The number of hydrogen-bond acceptors (Lipinski definition) is 20. The minimum atomic E-state index is 0.513. The van der Waals surface area contributed by atoms with Crippen molar-refractivity contribution in [3.05, 3.63) is 170 Å². The van der Waals surface area contributed by atoms with Crippen LogP contribution in [-0.4, -0.2) is 162 Å². The molecule has 1 fully saturated rings. The third-order valence-corrected chi connectivity index (χ3v) is 18.4. The largest absolute Gasteiger partial charge is 0.379 e. The van der Waals surface area contributed by atoms with Crippen LogP contribution in [0.1, 0.15) is 69.0 Å². The van der Waals surface area contributed by atoms with Crippen molar-refractivity contribution in [2.45, 2.75) is 79.6 Å². The van der Waals surface area contributed by atoms with Gasteiger partial charge in [-0.3, -0.25) is 14.9 Å². The fourth-order valence-electron chi connectivity index (χ4n) is 11.9. The number of benzene rings is 3. The number of fused-ring (bicyclic) bond motifs is 9. The quantitative estimate of drug-likeness (QED) is 0.0441. The molecule has 0 bridgehead atoms. The molecule has 0 spiro atoms. The third kappa shape index (κ3) is 18.5. The van der Waals surface area contributed by atoms with E-state index < -0.39 is 0 Å². The molecular formula is C73H83Cl2N19OS3. The van der Waals surface area contributed by atoms with Crippen molar-refractivity contribution < 1.29 is 4.74 Å². The molecule has 10 heterocycles. The predicted molar refractivity (Wildman–Crippen MR) is 413 cm³/mol. The molecule has 6 N–H and O–H groups in total. The molecule has 20 nitrogen and oxygen atoms in total. The summed E-state index contributed by atoms with van der Waals surface area (Å²) in [6.07, 6.45) is 13.4. The van der Waals surface area contributed by atoms with Crippen LogP contribution in [0.4, 0.5) is 57.8 Å². The van der Waals surface area contributed by atoms with Gasteiger partial charge in [-0.15, -0.1) is 0 Å². The van der Waals surface area contributed by atoms with E-state index in [-0.39, 0.29) is 0 Å². The van der Waals surface area contributed by atoms with E-state index in [0.29, 0.717) is 52.1 Å². The molecule has 508 valence electrons. The standard InChI is InChI=1S/C25H28N6OS.C24H28ClN7S.C24H27ClN6S/c1-16-3-4-20-22(11-16)28-23(33)13-19-15-27-25(30-24(19)20)29-21-12-18(14-26-17(21)2)5-6-31-7-9-32-10-8-31;1-15-19(8-9-21(27-15)32(4)11-5-10-31(2)3)29-24-26-14-16-12-22(33)28-20-13-17(25)6-7-18(20)23(16)30-24;1-14-16(6-5-9-31(3)4)10-20(15(2)27-14)29-24-26-13-17-11-22(32)28-21-12-18(25)7-8-19(21)23(17)30-24/h3-4,11-12,14-15H,5-10,13H2,1-2H3,(H,28,33)(H,27,29,30);6-9,13-14H,5,10-12H2,1-4H3,(H,28,33)(H,26,29,30);7-8,10,12-13H,5-6,9,11H2,1-4H3,(H,28,32)(H,26,29,30). The first-order valence-corrected chi connectivity index (χ1v) is 34.8. The second-order valence-corrected chi connectivity index (χ2v) is 27.9. The van der Waals surface area contributed by atoms with Crippen molar-refractivity contribution in [3.63, 3.8) is 0 Å². The fourth-order valence-corrected chi connectivity index (χ4v) is 13.0. The minimum absolute atomic E-state index is 0.513. The lowest BCUT2D eigenvalue weighted by Crippen LogP contribution is -2.37. The highest BCUT2D eigenvalue weighted by molar-refractivity contribution is 7.81. The van der Waals surface area contributed by atoms with Crippen molar-refractivity contribution in [1.82, 2.24) is 59.6 Å². The van der Waals surface area contributed by atoms with Gasteiger partial charge in [-0.2, -0.15) is 0 Å². The molecule has 0 saturated carbocycles. The van der Waals surface area contributed by atoms with Crippen molar-refractivity contribution in [1.29, 1.82) is 0 Å². The van der Waals surface area contributed by atoms with Gasteiger partial charge in [0.05, 0.1) is 79.4 Å². The first-order chi connectivity index (χ1) is 47.1. The number of aryl methyl sites for hydroxylation is 6. The number of morpholine rings is 1. The van der Waals surface area contributed by atoms with Gasteiger partial charge in [0.2, 0.25) is 17.8 Å². The van der Waals surface area contributed by atoms with E-state index in [2.05, 4.69) is 151 Å². The predicted octanol–water partition coefficient (Wildman–Crippen LogP) is 14.3. The summed E-state index contributed by atoms with van der Waals surface area (Å²) in [4.78, 5) is 53.6. The van der Waals surface area contributed by atoms with E-state index in [1.807, 2.05) is 94.1 Å². The highest BCUT2D eigenvalue weighted by atomic mass is 35.5. The summed E-state index contributed by atoms with van der Waals surface area (Å²) < 4.78 is 5.44. The normalized spacial score (nSPS) is 13.8. The van der Waals surface area contributed by atoms with Gasteiger partial charge in [-0.1, -0.05) is 72.0 Å². The highest BCUT2D eigenvalue weighted by Crippen LogP contribution is 2.39. The van der Waals surface area contributed by atoms with E-state index in [4.69, 9.17) is 89.5 Å². The Morgan fingerprint density at radius 2 is 0.980 bits per heavy atom. The number of hydrogen-bond donors (Lipinski definition) is 6. The Balaban J connectivity index is 0.000000149. The van der Waals surface area contributed by atoms with Gasteiger partial charge in [0.25, 0.3) is 0 Å². The molecule has 3 aromatic carbocycles. The van der Waals surface area contributed by atoms with Crippen LogP contribution in [0.3, 0.4) is 0 Å². The van der Waals surface area contributed by atoms with Gasteiger partial charge in [0, 0.05) is 143 Å². The first-order valence-electron chi connectivity index (χ1n) is 32.9. The summed E-state index contributed by atoms with van der Waals surface area (Å²) in [6, 6.07) is 26.1. The van der Waals surface area contributed by atoms with E-state index in [9.17, 15) is 0 Å². The van der Waals surface area contributed by atoms with Crippen LogP contribution >= 0.6 is 59.9 Å². The molecule has 1 saturated heterocycles. The average molecular weight is 1410 g/mol. The number of thiocarbonyl (C=S) groups is 3. The Morgan fingerprint density at radius 3 is 1.51 bits per heavy atom. The van der Waals surface area contributed by atoms with Crippen LogP contribution in [-0.2, 0) is 36.8 Å². The maximum atomic E-state index is 6.20. The molecule has 0 atom stereocenters. The van der Waals surface area contributed by atoms with Gasteiger partial charge >= 0.3 is 0 Å². The minimum Gasteiger partial charge on any atom is -0.379 e. The van der Waals surface area contributed by atoms with Crippen molar-refractivity contribution in [3.8, 4) is 33.8 Å². The van der Waals surface area contributed by atoms with Gasteiger partial charge in [-0.25, -0.2) is 34.9 Å². The third-order valence-electron chi connectivity index (χ3n) is 17.2. The molecule has 0 radical (unpaired) electrons. The van der Waals surface area contributed by atoms with Crippen molar-refractivity contribution >= 4 is 133 Å². The SMILES string of the molecule is Cc1ccc2c(c1)NC(=S)Cc1cnc(Nc3cc(CCN4CCOCC4)cnc3C)nc1-2.Cc1nc(C)c(Nc2ncc3c(n2)-c2ccc(Cl)cc2NC(=S)C3)cc1CCCN(C)C.Cc1nc(N(C)CCCN(C)C)ccc1Nc1ncc2c(n1)-c1ccc(Cl)cc1NC(=S)C2. The molecule has 98 heavy (non-hydrogen) atoms. The Morgan fingerprint density at radius 1 is 0.490 bits per heavy atom. The number of aromatic nitrogens is 9. The molecule has 0 unspecified atom stereocenters. The molecule has 6 aromatic heterocycles. The maximum Gasteiger partial charge on any atom is 0.227 e. The number of ether oxygens (including phenoxy) is 1. The molecule has 13 rings (SSSR count). The Bertz CT molecular complexity index is 4430. The van der Waals surface area contributed by atoms with Crippen LogP contribution in [0.15, 0.2) is 104 Å². The molecule has 25 heteroatoms. The molecule has 4 aliphatic rings. The van der Waals surface area contributed by atoms with Gasteiger partial charge in [-0.05, 0) is 185 Å². The zero-order valence-electron chi connectivity index (χ0n) is 57.1. The molecule has 4 aliphatic heterocycles. The molecule has 0 aliphatic carbocycles. The smallest absolute Gasteiger partial charge is 0.227 e. The number of nitrogens with zero attached hydrogens (tertiary/aromatic N) is 13.